The molecule has 106 valence electrons. The fourth-order valence-electron chi connectivity index (χ4n) is 1.60. The smallest absolute Gasteiger partial charge is 0.254 e. The Morgan fingerprint density at radius 3 is 2.74 bits per heavy atom. The second-order valence-corrected chi connectivity index (χ2v) is 5.33. The maximum atomic E-state index is 13.6. The van der Waals surface area contributed by atoms with E-state index < -0.39 is 11.7 Å². The minimum absolute atomic E-state index is 0.0109. The van der Waals surface area contributed by atoms with Gasteiger partial charge in [-0.05, 0) is 30.0 Å². The summed E-state index contributed by atoms with van der Waals surface area (Å²) in [6.07, 6.45) is 0.813. The highest BCUT2D eigenvalue weighted by Gasteiger charge is 2.20. The van der Waals surface area contributed by atoms with E-state index in [2.05, 4.69) is 5.32 Å². The number of benzene rings is 1. The van der Waals surface area contributed by atoms with Crippen molar-refractivity contribution in [3.63, 3.8) is 0 Å². The topological polar surface area (TPSA) is 64.3 Å². The van der Waals surface area contributed by atoms with Gasteiger partial charge in [0.15, 0.2) is 0 Å². The molecule has 0 saturated carbocycles. The lowest BCUT2D eigenvalue weighted by molar-refractivity contribution is 0.0917. The number of amides is 1. The van der Waals surface area contributed by atoms with Crippen molar-refractivity contribution in [2.45, 2.75) is 20.3 Å². The van der Waals surface area contributed by atoms with Crippen LogP contribution in [-0.2, 0) is 4.74 Å². The molecule has 0 aliphatic carbocycles. The van der Waals surface area contributed by atoms with Gasteiger partial charge in [-0.25, -0.2) is 4.39 Å². The Morgan fingerprint density at radius 1 is 1.47 bits per heavy atom. The number of carbonyl (C=O) groups excluding carboxylic acids is 1. The van der Waals surface area contributed by atoms with Crippen molar-refractivity contribution in [3.05, 3.63) is 29.6 Å². The number of hydrogen-bond acceptors (Lipinski definition) is 3. The van der Waals surface area contributed by atoms with E-state index in [0.29, 0.717) is 18.8 Å². The minimum Gasteiger partial charge on any atom is -0.399 e. The Kier molecular flexibility index (Phi) is 5.30. The average molecular weight is 268 g/mol. The molecule has 0 aliphatic rings. The van der Waals surface area contributed by atoms with Crippen LogP contribution in [0.2, 0.25) is 0 Å². The van der Waals surface area contributed by atoms with E-state index in [9.17, 15) is 9.18 Å². The van der Waals surface area contributed by atoms with E-state index in [1.807, 2.05) is 13.8 Å². The molecular weight excluding hydrogens is 247 g/mol. The van der Waals surface area contributed by atoms with E-state index in [-0.39, 0.29) is 11.0 Å². The largest absolute Gasteiger partial charge is 0.399 e. The molecule has 0 aromatic heterocycles. The number of methoxy groups -OCH3 is 1. The summed E-state index contributed by atoms with van der Waals surface area (Å²) in [7, 11) is 1.64. The first-order valence-corrected chi connectivity index (χ1v) is 6.18. The first-order chi connectivity index (χ1) is 8.85. The first-order valence-electron chi connectivity index (χ1n) is 6.18. The highest BCUT2D eigenvalue weighted by atomic mass is 19.1. The van der Waals surface area contributed by atoms with E-state index in [0.717, 1.165) is 12.5 Å². The number of nitrogens with two attached hydrogens (primary N) is 1. The number of hydrogen-bond donors (Lipinski definition) is 2. The van der Waals surface area contributed by atoms with Gasteiger partial charge >= 0.3 is 0 Å². The third-order valence-electron chi connectivity index (χ3n) is 2.95. The summed E-state index contributed by atoms with van der Waals surface area (Å²) in [5.74, 6) is -1.03. The maximum absolute atomic E-state index is 13.6. The van der Waals surface area contributed by atoms with Crippen LogP contribution >= 0.6 is 0 Å². The second kappa shape index (κ2) is 6.52. The molecule has 1 aromatic rings. The molecule has 5 heteroatoms. The number of nitrogens with one attached hydrogen (secondary N) is 1. The molecule has 0 fully saturated rings. The summed E-state index contributed by atoms with van der Waals surface area (Å²) in [4.78, 5) is 11.9. The molecule has 0 spiro atoms. The minimum atomic E-state index is -0.604. The van der Waals surface area contributed by atoms with Crippen LogP contribution in [0.5, 0.6) is 0 Å². The van der Waals surface area contributed by atoms with Crippen LogP contribution in [-0.4, -0.2) is 26.2 Å². The number of rotatable bonds is 6. The molecular formula is C14H21FN2O2. The van der Waals surface area contributed by atoms with E-state index in [1.165, 1.54) is 12.1 Å². The summed E-state index contributed by atoms with van der Waals surface area (Å²) in [5.41, 5.74) is 5.65. The third kappa shape index (κ3) is 4.87. The summed E-state index contributed by atoms with van der Waals surface area (Å²) in [6.45, 7) is 5.12. The van der Waals surface area contributed by atoms with Crippen molar-refractivity contribution in [3.8, 4) is 0 Å². The number of halogens is 1. The molecule has 1 amide bonds. The van der Waals surface area contributed by atoms with Crippen LogP contribution in [0.3, 0.4) is 0 Å². The first kappa shape index (κ1) is 15.4. The Labute approximate surface area is 113 Å². The van der Waals surface area contributed by atoms with Gasteiger partial charge in [0.05, 0.1) is 5.56 Å². The van der Waals surface area contributed by atoms with Gasteiger partial charge in [0.25, 0.3) is 5.91 Å². The number of carbonyl (C=O) groups is 1. The Balaban J connectivity index is 2.60. The lowest BCUT2D eigenvalue weighted by Gasteiger charge is -2.24. The summed E-state index contributed by atoms with van der Waals surface area (Å²) in [5, 5.41) is 2.73. The molecule has 0 saturated heterocycles. The summed E-state index contributed by atoms with van der Waals surface area (Å²) >= 11 is 0. The molecule has 0 unspecified atom stereocenters. The molecule has 19 heavy (non-hydrogen) atoms. The van der Waals surface area contributed by atoms with Crippen LogP contribution in [0.15, 0.2) is 18.2 Å². The van der Waals surface area contributed by atoms with Gasteiger partial charge in [-0.2, -0.15) is 0 Å². The quantitative estimate of drug-likeness (QED) is 0.777. The van der Waals surface area contributed by atoms with Gasteiger partial charge in [-0.3, -0.25) is 4.79 Å². The van der Waals surface area contributed by atoms with Crippen molar-refractivity contribution >= 4 is 11.6 Å². The Bertz CT molecular complexity index is 447. The lowest BCUT2D eigenvalue weighted by atomic mass is 9.89. The zero-order chi connectivity index (χ0) is 14.5. The zero-order valence-electron chi connectivity index (χ0n) is 11.6. The number of anilines is 1. The Morgan fingerprint density at radius 2 is 2.16 bits per heavy atom. The van der Waals surface area contributed by atoms with Crippen molar-refractivity contribution in [1.82, 2.24) is 5.32 Å². The average Bonchev–Trinajstić information content (AvgIpc) is 2.34. The lowest BCUT2D eigenvalue weighted by Crippen LogP contribution is -2.35. The van der Waals surface area contributed by atoms with Crippen molar-refractivity contribution in [2.24, 2.45) is 5.41 Å². The van der Waals surface area contributed by atoms with Crippen LogP contribution in [0, 0.1) is 11.2 Å². The molecule has 1 rings (SSSR count). The van der Waals surface area contributed by atoms with Crippen LogP contribution < -0.4 is 11.1 Å². The molecule has 0 atom stereocenters. The van der Waals surface area contributed by atoms with Crippen LogP contribution in [0.4, 0.5) is 10.1 Å². The fraction of sp³-hybridized carbons (Fsp3) is 0.500. The predicted molar refractivity (Wildman–Crippen MR) is 73.4 cm³/mol. The SMILES string of the molecule is COCCC(C)(C)CNC(=O)c1ccc(N)cc1F. The van der Waals surface area contributed by atoms with E-state index in [4.69, 9.17) is 10.5 Å². The Hall–Kier alpha value is -1.62. The monoisotopic (exact) mass is 268 g/mol. The van der Waals surface area contributed by atoms with Gasteiger partial charge in [0.1, 0.15) is 5.82 Å². The van der Waals surface area contributed by atoms with E-state index >= 15 is 0 Å². The standard InChI is InChI=1S/C14H21FN2O2/c1-14(2,6-7-19-3)9-17-13(18)11-5-4-10(16)8-12(11)15/h4-5,8H,6-7,9,16H2,1-3H3,(H,17,18). The predicted octanol–water partition coefficient (Wildman–Crippen LogP) is 2.20. The maximum Gasteiger partial charge on any atom is 0.254 e. The highest BCUT2D eigenvalue weighted by molar-refractivity contribution is 5.94. The van der Waals surface area contributed by atoms with Crippen LogP contribution in [0.1, 0.15) is 30.6 Å². The van der Waals surface area contributed by atoms with Crippen molar-refractivity contribution in [1.29, 1.82) is 0 Å². The summed E-state index contributed by atoms with van der Waals surface area (Å²) in [6, 6.07) is 4.04. The molecule has 0 heterocycles. The number of nitrogen functional groups attached to an aromatic ring is 1. The van der Waals surface area contributed by atoms with Gasteiger partial charge in [0, 0.05) is 25.9 Å². The number of ether oxygens (including phenoxy) is 1. The normalized spacial score (nSPS) is 11.4. The van der Waals surface area contributed by atoms with Crippen LogP contribution in [0.25, 0.3) is 0 Å². The van der Waals surface area contributed by atoms with Gasteiger partial charge in [0.2, 0.25) is 0 Å². The molecule has 0 radical (unpaired) electrons. The van der Waals surface area contributed by atoms with Gasteiger partial charge < -0.3 is 15.8 Å². The molecule has 0 aliphatic heterocycles. The zero-order valence-corrected chi connectivity index (χ0v) is 11.6. The van der Waals surface area contributed by atoms with Gasteiger partial charge in [-0.15, -0.1) is 0 Å². The van der Waals surface area contributed by atoms with Crippen molar-refractivity contribution < 1.29 is 13.9 Å². The van der Waals surface area contributed by atoms with Gasteiger partial charge in [-0.1, -0.05) is 13.8 Å². The van der Waals surface area contributed by atoms with E-state index in [1.54, 1.807) is 7.11 Å². The third-order valence-corrected chi connectivity index (χ3v) is 2.95. The summed E-state index contributed by atoms with van der Waals surface area (Å²) < 4.78 is 18.6. The fourth-order valence-corrected chi connectivity index (χ4v) is 1.60. The molecule has 3 N–H and O–H groups in total. The molecule has 4 nitrogen and oxygen atoms in total. The second-order valence-electron chi connectivity index (χ2n) is 5.33. The molecule has 1 aromatic carbocycles. The molecule has 0 bridgehead atoms. The highest BCUT2D eigenvalue weighted by Crippen LogP contribution is 2.19. The van der Waals surface area contributed by atoms with Crippen molar-refractivity contribution in [2.75, 3.05) is 26.0 Å².